The highest BCUT2D eigenvalue weighted by molar-refractivity contribution is 7.80. The number of ether oxygens (including phenoxy) is 1. The van der Waals surface area contributed by atoms with Gasteiger partial charge in [-0.3, -0.25) is 4.79 Å². The van der Waals surface area contributed by atoms with E-state index in [1.807, 2.05) is 0 Å². The molecule has 0 spiro atoms. The van der Waals surface area contributed by atoms with Gasteiger partial charge in [0.1, 0.15) is 16.6 Å². The second kappa shape index (κ2) is 6.32. The van der Waals surface area contributed by atoms with Crippen LogP contribution in [0.3, 0.4) is 0 Å². The lowest BCUT2D eigenvalue weighted by Crippen LogP contribution is -2.18. The molecule has 4 nitrogen and oxygen atoms in total. The number of anilines is 1. The maximum Gasteiger partial charge on any atom is 0.259 e. The summed E-state index contributed by atoms with van der Waals surface area (Å²) in [5, 5.41) is 2.66. The third-order valence-corrected chi connectivity index (χ3v) is 3.07. The lowest BCUT2D eigenvalue weighted by atomic mass is 10.1. The van der Waals surface area contributed by atoms with Crippen molar-refractivity contribution in [3.05, 3.63) is 59.4 Å². The molecule has 0 saturated heterocycles. The van der Waals surface area contributed by atoms with Crippen molar-refractivity contribution in [2.75, 3.05) is 12.4 Å². The highest BCUT2D eigenvalue weighted by Gasteiger charge is 2.14. The average molecular weight is 304 g/mol. The first-order valence-corrected chi connectivity index (χ1v) is 6.47. The van der Waals surface area contributed by atoms with Crippen LogP contribution in [0.25, 0.3) is 0 Å². The van der Waals surface area contributed by atoms with Crippen molar-refractivity contribution in [3.8, 4) is 5.75 Å². The number of hydrogen-bond donors (Lipinski definition) is 2. The predicted molar refractivity (Wildman–Crippen MR) is 83.2 cm³/mol. The molecule has 3 N–H and O–H groups in total. The minimum atomic E-state index is -0.479. The van der Waals surface area contributed by atoms with Gasteiger partial charge in [0.25, 0.3) is 5.91 Å². The van der Waals surface area contributed by atoms with E-state index in [0.717, 1.165) is 0 Å². The number of para-hydroxylation sites is 1. The molecule has 0 bridgehead atoms. The number of carbonyl (C=O) groups excluding carboxylic acids is 1. The van der Waals surface area contributed by atoms with E-state index in [-0.39, 0.29) is 10.6 Å². The van der Waals surface area contributed by atoms with E-state index in [0.29, 0.717) is 17.0 Å². The van der Waals surface area contributed by atoms with Crippen molar-refractivity contribution >= 4 is 28.8 Å². The fourth-order valence-electron chi connectivity index (χ4n) is 1.85. The number of amides is 1. The van der Waals surface area contributed by atoms with Crippen molar-refractivity contribution in [2.45, 2.75) is 0 Å². The van der Waals surface area contributed by atoms with Gasteiger partial charge in [-0.25, -0.2) is 4.39 Å². The monoisotopic (exact) mass is 304 g/mol. The van der Waals surface area contributed by atoms with Crippen LogP contribution >= 0.6 is 12.2 Å². The van der Waals surface area contributed by atoms with Crippen molar-refractivity contribution in [2.24, 2.45) is 5.73 Å². The first-order valence-electron chi connectivity index (χ1n) is 6.06. The molecule has 0 fully saturated rings. The van der Waals surface area contributed by atoms with Gasteiger partial charge in [0.05, 0.1) is 18.4 Å². The first-order chi connectivity index (χ1) is 10.0. The number of carbonyl (C=O) groups is 1. The summed E-state index contributed by atoms with van der Waals surface area (Å²) in [7, 11) is 1.48. The van der Waals surface area contributed by atoms with E-state index in [2.05, 4.69) is 5.32 Å². The third-order valence-electron chi connectivity index (χ3n) is 2.85. The molecule has 0 aliphatic rings. The summed E-state index contributed by atoms with van der Waals surface area (Å²) in [5.74, 6) is -0.432. The lowest BCUT2D eigenvalue weighted by molar-refractivity contribution is 0.102. The minimum absolute atomic E-state index is 0.00447. The fourth-order valence-corrected chi connectivity index (χ4v) is 2.02. The maximum atomic E-state index is 13.2. The molecular formula is C15H13FN2O2S. The largest absolute Gasteiger partial charge is 0.496 e. The van der Waals surface area contributed by atoms with Crippen LogP contribution in [0.15, 0.2) is 42.5 Å². The molecule has 0 aliphatic carbocycles. The summed E-state index contributed by atoms with van der Waals surface area (Å²) in [6.45, 7) is 0. The molecule has 0 saturated carbocycles. The Balaban J connectivity index is 2.34. The van der Waals surface area contributed by atoms with Crippen LogP contribution in [-0.4, -0.2) is 18.0 Å². The van der Waals surface area contributed by atoms with E-state index < -0.39 is 11.7 Å². The molecule has 1 amide bonds. The van der Waals surface area contributed by atoms with Crippen molar-refractivity contribution in [1.82, 2.24) is 0 Å². The Kier molecular flexibility index (Phi) is 4.49. The Morgan fingerprint density at radius 1 is 1.24 bits per heavy atom. The minimum Gasteiger partial charge on any atom is -0.496 e. The second-order valence-electron chi connectivity index (χ2n) is 4.21. The third kappa shape index (κ3) is 3.35. The van der Waals surface area contributed by atoms with E-state index in [1.54, 1.807) is 24.3 Å². The Bertz CT molecular complexity index is 704. The summed E-state index contributed by atoms with van der Waals surface area (Å²) < 4.78 is 18.4. The molecule has 2 aromatic carbocycles. The number of nitrogens with one attached hydrogen (secondary N) is 1. The molecule has 0 radical (unpaired) electrons. The van der Waals surface area contributed by atoms with Gasteiger partial charge >= 0.3 is 0 Å². The molecule has 108 valence electrons. The van der Waals surface area contributed by atoms with Gasteiger partial charge in [0, 0.05) is 5.56 Å². The van der Waals surface area contributed by atoms with E-state index >= 15 is 0 Å². The molecule has 0 aromatic heterocycles. The number of methoxy groups -OCH3 is 1. The van der Waals surface area contributed by atoms with Crippen LogP contribution in [0.4, 0.5) is 10.1 Å². The standard InChI is InChI=1S/C15H13FN2O2S/c1-20-13-5-3-2-4-10(13)15(19)18-12-7-6-9(16)8-11(12)14(17)21/h2-8H,1H3,(H2,17,21)(H,18,19). The number of hydrogen-bond acceptors (Lipinski definition) is 3. The van der Waals surface area contributed by atoms with Crippen LogP contribution in [0.1, 0.15) is 15.9 Å². The van der Waals surface area contributed by atoms with Crippen molar-refractivity contribution in [1.29, 1.82) is 0 Å². The number of nitrogens with two attached hydrogens (primary N) is 1. The van der Waals surface area contributed by atoms with E-state index in [1.165, 1.54) is 25.3 Å². The van der Waals surface area contributed by atoms with Crippen molar-refractivity contribution < 1.29 is 13.9 Å². The summed E-state index contributed by atoms with van der Waals surface area (Å²) in [5.41, 5.74) is 6.52. The van der Waals surface area contributed by atoms with Gasteiger partial charge in [-0.1, -0.05) is 24.4 Å². The van der Waals surface area contributed by atoms with Crippen LogP contribution in [0.2, 0.25) is 0 Å². The summed E-state index contributed by atoms with van der Waals surface area (Å²) in [6.07, 6.45) is 0. The second-order valence-corrected chi connectivity index (χ2v) is 4.65. The van der Waals surface area contributed by atoms with E-state index in [4.69, 9.17) is 22.7 Å². The van der Waals surface area contributed by atoms with Gasteiger partial charge < -0.3 is 15.8 Å². The van der Waals surface area contributed by atoms with Crippen LogP contribution < -0.4 is 15.8 Å². The van der Waals surface area contributed by atoms with Gasteiger partial charge in [-0.15, -0.1) is 0 Å². The molecule has 21 heavy (non-hydrogen) atoms. The molecule has 0 unspecified atom stereocenters. The number of halogens is 1. The number of rotatable bonds is 4. The molecule has 6 heteroatoms. The average Bonchev–Trinajstić information content (AvgIpc) is 2.48. The summed E-state index contributed by atoms with van der Waals surface area (Å²) >= 11 is 4.86. The highest BCUT2D eigenvalue weighted by Crippen LogP contribution is 2.21. The Morgan fingerprint density at radius 3 is 2.62 bits per heavy atom. The SMILES string of the molecule is COc1ccccc1C(=O)Nc1ccc(F)cc1C(N)=S. The molecule has 0 atom stereocenters. The zero-order valence-corrected chi connectivity index (χ0v) is 12.0. The Labute approximate surface area is 126 Å². The number of benzene rings is 2. The predicted octanol–water partition coefficient (Wildman–Crippen LogP) is 2.72. The van der Waals surface area contributed by atoms with Gasteiger partial charge in [-0.05, 0) is 30.3 Å². The summed E-state index contributed by atoms with van der Waals surface area (Å²) in [4.78, 5) is 12.3. The summed E-state index contributed by atoms with van der Waals surface area (Å²) in [6, 6.07) is 10.6. The smallest absolute Gasteiger partial charge is 0.259 e. The normalized spacial score (nSPS) is 10.0. The van der Waals surface area contributed by atoms with Crippen molar-refractivity contribution in [3.63, 3.8) is 0 Å². The zero-order valence-electron chi connectivity index (χ0n) is 11.2. The highest BCUT2D eigenvalue weighted by atomic mass is 32.1. The molecule has 0 heterocycles. The molecule has 2 rings (SSSR count). The lowest BCUT2D eigenvalue weighted by Gasteiger charge is -2.12. The van der Waals surface area contributed by atoms with Crippen LogP contribution in [0.5, 0.6) is 5.75 Å². The van der Waals surface area contributed by atoms with E-state index in [9.17, 15) is 9.18 Å². The molecule has 2 aromatic rings. The van der Waals surface area contributed by atoms with Crippen LogP contribution in [-0.2, 0) is 0 Å². The van der Waals surface area contributed by atoms with Gasteiger partial charge in [0.2, 0.25) is 0 Å². The fraction of sp³-hybridized carbons (Fsp3) is 0.0667. The maximum absolute atomic E-state index is 13.2. The van der Waals surface area contributed by atoms with Gasteiger partial charge in [0.15, 0.2) is 0 Å². The van der Waals surface area contributed by atoms with Crippen LogP contribution in [0, 0.1) is 5.82 Å². The quantitative estimate of drug-likeness (QED) is 0.853. The topological polar surface area (TPSA) is 64.3 Å². The first kappa shape index (κ1) is 14.9. The zero-order chi connectivity index (χ0) is 15.4. The molecular weight excluding hydrogens is 291 g/mol. The van der Waals surface area contributed by atoms with Gasteiger partial charge in [-0.2, -0.15) is 0 Å². The Morgan fingerprint density at radius 2 is 1.95 bits per heavy atom. The molecule has 0 aliphatic heterocycles. The Hall–Kier alpha value is -2.47. The number of thiocarbonyl (C=S) groups is 1.